The van der Waals surface area contributed by atoms with Crippen LogP contribution in [-0.2, 0) is 21.4 Å². The van der Waals surface area contributed by atoms with Gasteiger partial charge in [-0.1, -0.05) is 45.0 Å². The molecule has 0 saturated carbocycles. The van der Waals surface area contributed by atoms with Gasteiger partial charge in [-0.2, -0.15) is 5.10 Å². The Morgan fingerprint density at radius 2 is 1.88 bits per heavy atom. The van der Waals surface area contributed by atoms with Gasteiger partial charge in [0.05, 0.1) is 6.42 Å². The molecule has 1 aromatic carbocycles. The van der Waals surface area contributed by atoms with Gasteiger partial charge < -0.3 is 4.74 Å². The summed E-state index contributed by atoms with van der Waals surface area (Å²) in [7, 11) is 0. The van der Waals surface area contributed by atoms with Crippen molar-refractivity contribution in [2.45, 2.75) is 52.1 Å². The van der Waals surface area contributed by atoms with Crippen LogP contribution in [0, 0.1) is 0 Å². The lowest BCUT2D eigenvalue weighted by Gasteiger charge is -2.19. The Morgan fingerprint density at radius 3 is 2.42 bits per heavy atom. The predicted molar refractivity (Wildman–Crippen MR) is 89.7 cm³/mol. The van der Waals surface area contributed by atoms with Gasteiger partial charge in [-0.05, 0) is 17.9 Å². The highest BCUT2D eigenvalue weighted by molar-refractivity contribution is 6.00. The van der Waals surface area contributed by atoms with E-state index in [-0.39, 0.29) is 17.6 Å². The lowest BCUT2D eigenvalue weighted by molar-refractivity contribution is -0.146. The molecule has 1 N–H and O–H groups in total. The summed E-state index contributed by atoms with van der Waals surface area (Å²) in [6, 6.07) is 7.43. The van der Waals surface area contributed by atoms with Crippen LogP contribution in [0.5, 0.6) is 0 Å². The van der Waals surface area contributed by atoms with Gasteiger partial charge in [-0.25, -0.2) is 4.98 Å². The van der Waals surface area contributed by atoms with Gasteiger partial charge >= 0.3 is 5.97 Å². The first-order chi connectivity index (χ1) is 11.3. The Morgan fingerprint density at radius 1 is 1.21 bits per heavy atom. The zero-order valence-electron chi connectivity index (χ0n) is 14.5. The maximum Gasteiger partial charge on any atom is 0.306 e. The van der Waals surface area contributed by atoms with Crippen LogP contribution < -0.4 is 0 Å². The van der Waals surface area contributed by atoms with E-state index in [0.717, 1.165) is 5.56 Å². The van der Waals surface area contributed by atoms with E-state index in [0.29, 0.717) is 17.8 Å². The first kappa shape index (κ1) is 17.8. The van der Waals surface area contributed by atoms with E-state index in [2.05, 4.69) is 36.0 Å². The monoisotopic (exact) mass is 329 g/mol. The Balaban J connectivity index is 1.90. The minimum absolute atomic E-state index is 0.0281. The average Bonchev–Trinajstić information content (AvgIpc) is 3.05. The van der Waals surface area contributed by atoms with Crippen LogP contribution in [0.25, 0.3) is 0 Å². The average molecular weight is 329 g/mol. The quantitative estimate of drug-likeness (QED) is 0.650. The number of aromatic nitrogens is 3. The maximum atomic E-state index is 12.4. The second kappa shape index (κ2) is 7.38. The largest absolute Gasteiger partial charge is 0.454 e. The minimum Gasteiger partial charge on any atom is -0.454 e. The molecule has 6 nitrogen and oxygen atoms in total. The predicted octanol–water partition coefficient (Wildman–Crippen LogP) is 2.85. The van der Waals surface area contributed by atoms with Crippen molar-refractivity contribution >= 4 is 11.8 Å². The highest BCUT2D eigenvalue weighted by atomic mass is 16.5. The van der Waals surface area contributed by atoms with Crippen LogP contribution in [0.4, 0.5) is 0 Å². The van der Waals surface area contributed by atoms with E-state index in [1.54, 1.807) is 19.1 Å². The van der Waals surface area contributed by atoms with Crippen LogP contribution in [0.3, 0.4) is 0 Å². The number of esters is 1. The normalized spacial score (nSPS) is 12.7. The number of hydrogen-bond acceptors (Lipinski definition) is 5. The summed E-state index contributed by atoms with van der Waals surface area (Å²) in [5.41, 5.74) is 1.72. The number of carbonyl (C=O) groups excluding carboxylic acids is 2. The summed E-state index contributed by atoms with van der Waals surface area (Å²) in [5.74, 6) is -0.0225. The molecule has 6 heteroatoms. The molecule has 0 saturated heterocycles. The molecule has 1 aromatic heterocycles. The van der Waals surface area contributed by atoms with Crippen molar-refractivity contribution < 1.29 is 14.3 Å². The number of ether oxygens (including phenoxy) is 1. The van der Waals surface area contributed by atoms with E-state index in [1.807, 2.05) is 12.1 Å². The fourth-order valence-electron chi connectivity index (χ4n) is 2.25. The van der Waals surface area contributed by atoms with Crippen LogP contribution in [0.1, 0.15) is 55.9 Å². The molecular formula is C18H23N3O3. The molecule has 24 heavy (non-hydrogen) atoms. The van der Waals surface area contributed by atoms with Crippen LogP contribution >= 0.6 is 0 Å². The number of nitrogens with one attached hydrogen (secondary N) is 1. The van der Waals surface area contributed by atoms with Gasteiger partial charge in [-0.15, -0.1) is 0 Å². The number of rotatable bonds is 6. The Kier molecular flexibility index (Phi) is 5.49. The third-order valence-corrected chi connectivity index (χ3v) is 3.74. The van der Waals surface area contributed by atoms with Crippen LogP contribution in [-0.4, -0.2) is 33.0 Å². The smallest absolute Gasteiger partial charge is 0.306 e. The van der Waals surface area contributed by atoms with Crippen LogP contribution in [0.2, 0.25) is 0 Å². The van der Waals surface area contributed by atoms with Crippen molar-refractivity contribution in [3.05, 3.63) is 47.5 Å². The fraction of sp³-hybridized carbons (Fsp3) is 0.444. The summed E-state index contributed by atoms with van der Waals surface area (Å²) in [6.07, 6.45) is 1.12. The number of aromatic amines is 1. The van der Waals surface area contributed by atoms with Crippen LogP contribution in [0.15, 0.2) is 30.6 Å². The molecular weight excluding hydrogens is 306 g/mol. The van der Waals surface area contributed by atoms with Crippen molar-refractivity contribution in [1.82, 2.24) is 15.2 Å². The van der Waals surface area contributed by atoms with Crippen molar-refractivity contribution in [3.63, 3.8) is 0 Å². The summed E-state index contributed by atoms with van der Waals surface area (Å²) in [5, 5.41) is 6.39. The van der Waals surface area contributed by atoms with Gasteiger partial charge in [0.25, 0.3) is 0 Å². The number of nitrogens with zero attached hydrogens (tertiary/aromatic N) is 2. The standard InChI is InChI=1S/C18H23N3O3/c1-12(24-16(22)10-9-15-19-11-20-21-15)17(23)13-5-7-14(8-6-13)18(2,3)4/h5-8,11-12H,9-10H2,1-4H3,(H,19,20,21)/t12-/m0/s1. The fourth-order valence-corrected chi connectivity index (χ4v) is 2.25. The number of Topliss-reactive ketones (excluding diaryl/α,β-unsaturated/α-hetero) is 1. The topological polar surface area (TPSA) is 84.9 Å². The molecule has 2 aromatic rings. The number of aryl methyl sites for hydroxylation is 1. The molecule has 0 aliphatic carbocycles. The molecule has 1 atom stereocenters. The molecule has 1 heterocycles. The summed E-state index contributed by atoms with van der Waals surface area (Å²) < 4.78 is 5.21. The van der Waals surface area contributed by atoms with E-state index in [1.165, 1.54) is 6.33 Å². The van der Waals surface area contributed by atoms with Gasteiger partial charge in [0.1, 0.15) is 12.2 Å². The molecule has 0 unspecified atom stereocenters. The summed E-state index contributed by atoms with van der Waals surface area (Å²) in [4.78, 5) is 28.1. The maximum absolute atomic E-state index is 12.4. The first-order valence-electron chi connectivity index (χ1n) is 7.96. The number of hydrogen-bond donors (Lipinski definition) is 1. The molecule has 0 spiro atoms. The van der Waals surface area contributed by atoms with Crippen molar-refractivity contribution in [2.75, 3.05) is 0 Å². The van der Waals surface area contributed by atoms with Gasteiger partial charge in [0.15, 0.2) is 6.10 Å². The van der Waals surface area contributed by atoms with Crippen molar-refractivity contribution in [2.24, 2.45) is 0 Å². The zero-order chi connectivity index (χ0) is 17.7. The van der Waals surface area contributed by atoms with E-state index >= 15 is 0 Å². The number of ketones is 1. The Bertz CT molecular complexity index is 685. The SMILES string of the molecule is C[C@H](OC(=O)CCc1ncn[nH]1)C(=O)c1ccc(C(C)(C)C)cc1. The molecule has 0 bridgehead atoms. The molecule has 0 aliphatic rings. The summed E-state index contributed by atoms with van der Waals surface area (Å²) >= 11 is 0. The van der Waals surface area contributed by atoms with Gasteiger partial charge in [0.2, 0.25) is 5.78 Å². The third-order valence-electron chi connectivity index (χ3n) is 3.74. The van der Waals surface area contributed by atoms with E-state index < -0.39 is 12.1 Å². The first-order valence-corrected chi connectivity index (χ1v) is 7.96. The van der Waals surface area contributed by atoms with E-state index in [9.17, 15) is 9.59 Å². The number of H-pyrrole nitrogens is 1. The lowest BCUT2D eigenvalue weighted by atomic mass is 9.86. The van der Waals surface area contributed by atoms with Gasteiger partial charge in [-0.3, -0.25) is 14.7 Å². The van der Waals surface area contributed by atoms with Gasteiger partial charge in [0, 0.05) is 12.0 Å². The highest BCUT2D eigenvalue weighted by Gasteiger charge is 2.20. The minimum atomic E-state index is -0.812. The third kappa shape index (κ3) is 4.75. The number of carbonyl (C=O) groups is 2. The molecule has 128 valence electrons. The van der Waals surface area contributed by atoms with Crippen molar-refractivity contribution in [1.29, 1.82) is 0 Å². The zero-order valence-corrected chi connectivity index (χ0v) is 14.5. The molecule has 0 amide bonds. The van der Waals surface area contributed by atoms with Crippen molar-refractivity contribution in [3.8, 4) is 0 Å². The molecule has 0 aliphatic heterocycles. The molecule has 0 radical (unpaired) electrons. The number of benzene rings is 1. The summed E-state index contributed by atoms with van der Waals surface area (Å²) in [6.45, 7) is 7.93. The molecule has 2 rings (SSSR count). The Labute approximate surface area is 141 Å². The Hall–Kier alpha value is -2.50. The van der Waals surface area contributed by atoms with E-state index in [4.69, 9.17) is 4.74 Å². The second-order valence-corrected chi connectivity index (χ2v) is 6.76. The second-order valence-electron chi connectivity index (χ2n) is 6.76. The lowest BCUT2D eigenvalue weighted by Crippen LogP contribution is -2.24. The highest BCUT2D eigenvalue weighted by Crippen LogP contribution is 2.22. The molecule has 0 fully saturated rings.